The fourth-order valence-electron chi connectivity index (χ4n) is 1.36. The van der Waals surface area contributed by atoms with Gasteiger partial charge in [0.25, 0.3) is 0 Å². The van der Waals surface area contributed by atoms with Gasteiger partial charge in [0, 0.05) is 11.9 Å². The first kappa shape index (κ1) is 9.20. The second-order valence-corrected chi connectivity index (χ2v) is 3.07. The highest BCUT2D eigenvalue weighted by Gasteiger charge is 2.06. The summed E-state index contributed by atoms with van der Waals surface area (Å²) in [5.41, 5.74) is 8.03. The van der Waals surface area contributed by atoms with Crippen molar-refractivity contribution in [1.29, 1.82) is 0 Å². The van der Waals surface area contributed by atoms with Crippen molar-refractivity contribution in [2.45, 2.75) is 26.2 Å². The van der Waals surface area contributed by atoms with Crippen LogP contribution < -0.4 is 5.73 Å². The van der Waals surface area contributed by atoms with Gasteiger partial charge in [-0.2, -0.15) is 0 Å². The molecule has 2 nitrogen and oxygen atoms in total. The molecule has 0 spiro atoms. The number of hydrogen-bond donors (Lipinski definition) is 1. The second-order valence-electron chi connectivity index (χ2n) is 3.07. The smallest absolute Gasteiger partial charge is 0.0375 e. The lowest BCUT2D eigenvalue weighted by atomic mass is 9.97. The molecule has 1 rings (SSSR count). The third-order valence-corrected chi connectivity index (χ3v) is 2.17. The second kappa shape index (κ2) is 4.21. The minimum Gasteiger partial charge on any atom is -0.330 e. The van der Waals surface area contributed by atoms with Gasteiger partial charge in [0.2, 0.25) is 0 Å². The molecule has 1 aromatic rings. The van der Waals surface area contributed by atoms with E-state index < -0.39 is 0 Å². The van der Waals surface area contributed by atoms with Gasteiger partial charge in [-0.05, 0) is 43.5 Å². The molecule has 1 heterocycles. The molecule has 1 aromatic heterocycles. The molecular weight excluding hydrogens is 148 g/mol. The van der Waals surface area contributed by atoms with Crippen LogP contribution in [-0.4, -0.2) is 11.5 Å². The SMILES string of the molecule is CCC(CN)c1ccnc(C)c1. The molecule has 0 fully saturated rings. The van der Waals surface area contributed by atoms with Crippen LogP contribution in [0.4, 0.5) is 0 Å². The fraction of sp³-hybridized carbons (Fsp3) is 0.500. The van der Waals surface area contributed by atoms with Crippen molar-refractivity contribution in [2.24, 2.45) is 5.73 Å². The molecule has 0 saturated carbocycles. The van der Waals surface area contributed by atoms with E-state index in [2.05, 4.69) is 18.0 Å². The summed E-state index contributed by atoms with van der Waals surface area (Å²) in [6.07, 6.45) is 2.95. The van der Waals surface area contributed by atoms with Gasteiger partial charge in [-0.3, -0.25) is 4.98 Å². The first-order valence-corrected chi connectivity index (χ1v) is 4.40. The Morgan fingerprint density at radius 2 is 2.33 bits per heavy atom. The zero-order valence-corrected chi connectivity index (χ0v) is 7.75. The summed E-state index contributed by atoms with van der Waals surface area (Å²) in [4.78, 5) is 4.15. The van der Waals surface area contributed by atoms with Gasteiger partial charge >= 0.3 is 0 Å². The molecule has 0 amide bonds. The molecule has 2 N–H and O–H groups in total. The maximum absolute atomic E-state index is 5.64. The Balaban J connectivity index is 2.85. The van der Waals surface area contributed by atoms with E-state index in [0.717, 1.165) is 18.7 Å². The van der Waals surface area contributed by atoms with E-state index in [4.69, 9.17) is 5.73 Å². The zero-order valence-electron chi connectivity index (χ0n) is 7.75. The largest absolute Gasteiger partial charge is 0.330 e. The van der Waals surface area contributed by atoms with Gasteiger partial charge in [-0.25, -0.2) is 0 Å². The van der Waals surface area contributed by atoms with E-state index in [1.54, 1.807) is 0 Å². The van der Waals surface area contributed by atoms with E-state index in [1.165, 1.54) is 5.56 Å². The molecule has 0 aromatic carbocycles. The van der Waals surface area contributed by atoms with Gasteiger partial charge in [0.05, 0.1) is 0 Å². The monoisotopic (exact) mass is 164 g/mol. The molecule has 0 aliphatic heterocycles. The van der Waals surface area contributed by atoms with Crippen molar-refractivity contribution in [3.05, 3.63) is 29.6 Å². The van der Waals surface area contributed by atoms with Crippen molar-refractivity contribution in [1.82, 2.24) is 4.98 Å². The van der Waals surface area contributed by atoms with E-state index >= 15 is 0 Å². The van der Waals surface area contributed by atoms with Crippen LogP contribution in [0.25, 0.3) is 0 Å². The Bertz CT molecular complexity index is 241. The highest BCUT2D eigenvalue weighted by molar-refractivity contribution is 5.20. The average Bonchev–Trinajstić information content (AvgIpc) is 2.07. The molecule has 12 heavy (non-hydrogen) atoms. The standard InChI is InChI=1S/C10H16N2/c1-3-9(7-11)10-4-5-12-8(2)6-10/h4-6,9H,3,7,11H2,1-2H3. The number of aryl methyl sites for hydroxylation is 1. The fourth-order valence-corrected chi connectivity index (χ4v) is 1.36. The summed E-state index contributed by atoms with van der Waals surface area (Å²) in [7, 11) is 0. The number of aromatic nitrogens is 1. The molecule has 66 valence electrons. The summed E-state index contributed by atoms with van der Waals surface area (Å²) in [5, 5.41) is 0. The van der Waals surface area contributed by atoms with Gasteiger partial charge < -0.3 is 5.73 Å². The summed E-state index contributed by atoms with van der Waals surface area (Å²) in [5.74, 6) is 0.492. The maximum atomic E-state index is 5.64. The maximum Gasteiger partial charge on any atom is 0.0375 e. The van der Waals surface area contributed by atoms with Crippen LogP contribution in [0.3, 0.4) is 0 Å². The van der Waals surface area contributed by atoms with Crippen molar-refractivity contribution in [3.8, 4) is 0 Å². The van der Waals surface area contributed by atoms with Gasteiger partial charge in [-0.15, -0.1) is 0 Å². The lowest BCUT2D eigenvalue weighted by Crippen LogP contribution is -2.11. The first-order chi connectivity index (χ1) is 5.77. The van der Waals surface area contributed by atoms with E-state index in [9.17, 15) is 0 Å². The lowest BCUT2D eigenvalue weighted by molar-refractivity contribution is 0.672. The summed E-state index contributed by atoms with van der Waals surface area (Å²) in [6, 6.07) is 4.16. The van der Waals surface area contributed by atoms with Crippen LogP contribution in [0.15, 0.2) is 18.3 Å². The Morgan fingerprint density at radius 3 is 2.83 bits per heavy atom. The predicted molar refractivity (Wildman–Crippen MR) is 51.1 cm³/mol. The topological polar surface area (TPSA) is 38.9 Å². The molecule has 1 unspecified atom stereocenters. The highest BCUT2D eigenvalue weighted by atomic mass is 14.7. The lowest BCUT2D eigenvalue weighted by Gasteiger charge is -2.12. The summed E-state index contributed by atoms with van der Waals surface area (Å²) >= 11 is 0. The Hall–Kier alpha value is -0.890. The Morgan fingerprint density at radius 1 is 1.58 bits per heavy atom. The molecule has 0 aliphatic rings. The number of rotatable bonds is 3. The number of hydrogen-bond acceptors (Lipinski definition) is 2. The Labute approximate surface area is 73.8 Å². The first-order valence-electron chi connectivity index (χ1n) is 4.40. The van der Waals surface area contributed by atoms with Crippen LogP contribution in [0.2, 0.25) is 0 Å². The van der Waals surface area contributed by atoms with Crippen LogP contribution >= 0.6 is 0 Å². The molecule has 0 saturated heterocycles. The third-order valence-electron chi connectivity index (χ3n) is 2.17. The zero-order chi connectivity index (χ0) is 8.97. The van der Waals surface area contributed by atoms with Gasteiger partial charge in [-0.1, -0.05) is 6.92 Å². The van der Waals surface area contributed by atoms with Crippen molar-refractivity contribution < 1.29 is 0 Å². The van der Waals surface area contributed by atoms with E-state index in [1.807, 2.05) is 19.2 Å². The van der Waals surface area contributed by atoms with E-state index in [-0.39, 0.29) is 0 Å². The van der Waals surface area contributed by atoms with Gasteiger partial charge in [0.15, 0.2) is 0 Å². The number of pyridine rings is 1. The minimum atomic E-state index is 0.492. The highest BCUT2D eigenvalue weighted by Crippen LogP contribution is 2.17. The molecular formula is C10H16N2. The molecule has 0 radical (unpaired) electrons. The number of nitrogens with two attached hydrogens (primary N) is 1. The van der Waals surface area contributed by atoms with Crippen LogP contribution in [0.5, 0.6) is 0 Å². The quantitative estimate of drug-likeness (QED) is 0.740. The van der Waals surface area contributed by atoms with Crippen LogP contribution in [-0.2, 0) is 0 Å². The van der Waals surface area contributed by atoms with Crippen molar-refractivity contribution >= 4 is 0 Å². The summed E-state index contributed by atoms with van der Waals surface area (Å²) < 4.78 is 0. The molecule has 2 heteroatoms. The minimum absolute atomic E-state index is 0.492. The van der Waals surface area contributed by atoms with Crippen molar-refractivity contribution in [2.75, 3.05) is 6.54 Å². The number of nitrogens with zero attached hydrogens (tertiary/aromatic N) is 1. The predicted octanol–water partition coefficient (Wildman–Crippen LogP) is 1.84. The Kier molecular flexibility index (Phi) is 3.23. The van der Waals surface area contributed by atoms with Crippen LogP contribution in [0.1, 0.15) is 30.5 Å². The normalized spacial score (nSPS) is 12.9. The summed E-state index contributed by atoms with van der Waals surface area (Å²) in [6.45, 7) is 4.89. The average molecular weight is 164 g/mol. The third kappa shape index (κ3) is 2.05. The van der Waals surface area contributed by atoms with Gasteiger partial charge in [0.1, 0.15) is 0 Å². The van der Waals surface area contributed by atoms with Crippen molar-refractivity contribution in [3.63, 3.8) is 0 Å². The molecule has 0 bridgehead atoms. The van der Waals surface area contributed by atoms with E-state index in [0.29, 0.717) is 5.92 Å². The van der Waals surface area contributed by atoms with Crippen LogP contribution in [0, 0.1) is 6.92 Å². The molecule has 0 aliphatic carbocycles. The molecule has 1 atom stereocenters.